The maximum atomic E-state index is 11.8. The zero-order valence-corrected chi connectivity index (χ0v) is 16.0. The number of benzene rings is 2. The van der Waals surface area contributed by atoms with Gasteiger partial charge in [-0.15, -0.1) is 0 Å². The second-order valence-electron chi connectivity index (χ2n) is 5.74. The summed E-state index contributed by atoms with van der Waals surface area (Å²) in [5.74, 6) is 0.475. The number of hydrazone groups is 1. The van der Waals surface area contributed by atoms with E-state index in [2.05, 4.69) is 10.5 Å². The Morgan fingerprint density at radius 1 is 0.964 bits per heavy atom. The third-order valence-electron chi connectivity index (χ3n) is 3.49. The average Bonchev–Trinajstić information content (AvgIpc) is 2.72. The van der Waals surface area contributed by atoms with Crippen LogP contribution in [0.2, 0.25) is 0 Å². The Morgan fingerprint density at radius 2 is 1.61 bits per heavy atom. The van der Waals surface area contributed by atoms with Crippen molar-refractivity contribution in [1.82, 2.24) is 5.43 Å². The normalized spacial score (nSPS) is 10.5. The molecule has 0 aromatic heterocycles. The van der Waals surface area contributed by atoms with E-state index in [1.165, 1.54) is 6.21 Å². The minimum Gasteiger partial charge on any atom is -0.494 e. The van der Waals surface area contributed by atoms with Crippen molar-refractivity contribution in [2.45, 2.75) is 20.3 Å². The Kier molecular flexibility index (Phi) is 8.52. The summed E-state index contributed by atoms with van der Waals surface area (Å²) in [6.45, 7) is 4.64. The van der Waals surface area contributed by atoms with Gasteiger partial charge < -0.3 is 14.2 Å². The molecule has 1 N–H and O–H groups in total. The number of hydrogen-bond acceptors (Lipinski definition) is 6. The molecule has 1 amide bonds. The van der Waals surface area contributed by atoms with Crippen molar-refractivity contribution in [3.63, 3.8) is 0 Å². The van der Waals surface area contributed by atoms with Gasteiger partial charge in [-0.25, -0.2) is 10.2 Å². The van der Waals surface area contributed by atoms with Crippen LogP contribution in [0.1, 0.15) is 36.2 Å². The van der Waals surface area contributed by atoms with Crippen LogP contribution in [0.25, 0.3) is 0 Å². The van der Waals surface area contributed by atoms with Gasteiger partial charge in [-0.3, -0.25) is 4.79 Å². The molecule has 0 aliphatic rings. The Balaban J connectivity index is 1.75. The molecular weight excluding hydrogens is 360 g/mol. The van der Waals surface area contributed by atoms with Gasteiger partial charge in [0.15, 0.2) is 6.61 Å². The molecule has 0 atom stereocenters. The van der Waals surface area contributed by atoms with Crippen LogP contribution in [0.4, 0.5) is 0 Å². The number of carbonyl (C=O) groups excluding carboxylic acids is 2. The van der Waals surface area contributed by atoms with Gasteiger partial charge >= 0.3 is 5.97 Å². The van der Waals surface area contributed by atoms with Crippen molar-refractivity contribution >= 4 is 18.1 Å². The first kappa shape index (κ1) is 21.0. The van der Waals surface area contributed by atoms with Gasteiger partial charge in [-0.2, -0.15) is 5.10 Å². The fourth-order valence-electron chi connectivity index (χ4n) is 2.14. The third kappa shape index (κ3) is 7.11. The lowest BCUT2D eigenvalue weighted by Crippen LogP contribution is -2.24. The number of nitrogens with zero attached hydrogens (tertiary/aromatic N) is 1. The fraction of sp³-hybridized carbons (Fsp3) is 0.286. The van der Waals surface area contributed by atoms with Gasteiger partial charge in [0.05, 0.1) is 25.0 Å². The zero-order chi connectivity index (χ0) is 20.2. The molecule has 2 aromatic carbocycles. The van der Waals surface area contributed by atoms with Crippen molar-refractivity contribution in [2.75, 3.05) is 19.8 Å². The summed E-state index contributed by atoms with van der Waals surface area (Å²) in [5, 5.41) is 3.89. The predicted octanol–water partition coefficient (Wildman–Crippen LogP) is 3.18. The van der Waals surface area contributed by atoms with Gasteiger partial charge in [0.2, 0.25) is 0 Å². The second-order valence-corrected chi connectivity index (χ2v) is 5.74. The molecule has 7 heteroatoms. The van der Waals surface area contributed by atoms with E-state index in [4.69, 9.17) is 14.2 Å². The molecule has 2 aromatic rings. The average molecular weight is 384 g/mol. The summed E-state index contributed by atoms with van der Waals surface area (Å²) in [7, 11) is 0. The number of carbonyl (C=O) groups is 2. The minimum atomic E-state index is -0.395. The van der Waals surface area contributed by atoms with Gasteiger partial charge in [-0.05, 0) is 67.4 Å². The van der Waals surface area contributed by atoms with Gasteiger partial charge in [0, 0.05) is 0 Å². The number of nitrogens with one attached hydrogen (secondary N) is 1. The summed E-state index contributed by atoms with van der Waals surface area (Å²) < 4.78 is 15.8. The number of hydrogen-bond donors (Lipinski definition) is 1. The van der Waals surface area contributed by atoms with E-state index in [9.17, 15) is 9.59 Å². The standard InChI is InChI=1S/C21H24N2O5/c1-3-13-27-21(25)17-7-11-19(12-8-17)28-15-20(24)23-22-14-16-5-9-18(10-6-16)26-4-2/h5-12,14H,3-4,13,15H2,1-2H3,(H,23,24). The molecule has 148 valence electrons. The predicted molar refractivity (Wildman–Crippen MR) is 106 cm³/mol. The number of esters is 1. The number of rotatable bonds is 10. The fourth-order valence-corrected chi connectivity index (χ4v) is 2.14. The summed E-state index contributed by atoms with van der Waals surface area (Å²) in [4.78, 5) is 23.5. The van der Waals surface area contributed by atoms with Crippen molar-refractivity contribution in [2.24, 2.45) is 5.10 Å². The largest absolute Gasteiger partial charge is 0.494 e. The van der Waals surface area contributed by atoms with Crippen LogP contribution < -0.4 is 14.9 Å². The first-order valence-electron chi connectivity index (χ1n) is 9.07. The van der Waals surface area contributed by atoms with E-state index in [0.29, 0.717) is 24.5 Å². The molecule has 0 radical (unpaired) electrons. The van der Waals surface area contributed by atoms with Crippen LogP contribution in [-0.2, 0) is 9.53 Å². The van der Waals surface area contributed by atoms with Gasteiger partial charge in [0.1, 0.15) is 11.5 Å². The van der Waals surface area contributed by atoms with Crippen molar-refractivity contribution in [1.29, 1.82) is 0 Å². The molecule has 7 nitrogen and oxygen atoms in total. The Morgan fingerprint density at radius 3 is 2.25 bits per heavy atom. The lowest BCUT2D eigenvalue weighted by molar-refractivity contribution is -0.123. The van der Waals surface area contributed by atoms with E-state index >= 15 is 0 Å². The molecular formula is C21H24N2O5. The van der Waals surface area contributed by atoms with Crippen LogP contribution in [0, 0.1) is 0 Å². The molecule has 0 aliphatic carbocycles. The number of ether oxygens (including phenoxy) is 3. The van der Waals surface area contributed by atoms with E-state index in [0.717, 1.165) is 17.7 Å². The highest BCUT2D eigenvalue weighted by Crippen LogP contribution is 2.13. The molecule has 0 aliphatic heterocycles. The molecule has 2 rings (SSSR count). The van der Waals surface area contributed by atoms with Crippen LogP contribution in [0.5, 0.6) is 11.5 Å². The highest BCUT2D eigenvalue weighted by atomic mass is 16.5. The van der Waals surface area contributed by atoms with Crippen molar-refractivity contribution in [3.8, 4) is 11.5 Å². The van der Waals surface area contributed by atoms with Crippen LogP contribution in [0.15, 0.2) is 53.6 Å². The summed E-state index contributed by atoms with van der Waals surface area (Å²) in [6.07, 6.45) is 2.30. The summed E-state index contributed by atoms with van der Waals surface area (Å²) >= 11 is 0. The minimum absolute atomic E-state index is 0.194. The number of amides is 1. The van der Waals surface area contributed by atoms with Crippen molar-refractivity contribution < 1.29 is 23.8 Å². The van der Waals surface area contributed by atoms with E-state index in [1.807, 2.05) is 38.1 Å². The molecule has 0 bridgehead atoms. The molecule has 0 saturated heterocycles. The highest BCUT2D eigenvalue weighted by molar-refractivity contribution is 5.89. The smallest absolute Gasteiger partial charge is 0.338 e. The first-order chi connectivity index (χ1) is 13.6. The van der Waals surface area contributed by atoms with Gasteiger partial charge in [0.25, 0.3) is 5.91 Å². The molecule has 0 saturated carbocycles. The Bertz CT molecular complexity index is 785. The Hall–Kier alpha value is -3.35. The molecule has 0 heterocycles. The van der Waals surface area contributed by atoms with E-state index < -0.39 is 5.91 Å². The molecule has 0 unspecified atom stereocenters. The summed E-state index contributed by atoms with van der Waals surface area (Å²) in [5.41, 5.74) is 3.66. The molecule has 0 fully saturated rings. The van der Waals surface area contributed by atoms with Crippen LogP contribution in [-0.4, -0.2) is 37.9 Å². The highest BCUT2D eigenvalue weighted by Gasteiger charge is 2.07. The van der Waals surface area contributed by atoms with Crippen molar-refractivity contribution in [3.05, 3.63) is 59.7 Å². The summed E-state index contributed by atoms with van der Waals surface area (Å²) in [6, 6.07) is 13.7. The monoisotopic (exact) mass is 384 g/mol. The van der Waals surface area contributed by atoms with Crippen LogP contribution in [0.3, 0.4) is 0 Å². The maximum absolute atomic E-state index is 11.8. The quantitative estimate of drug-likeness (QED) is 0.386. The second kappa shape index (κ2) is 11.4. The lowest BCUT2D eigenvalue weighted by Gasteiger charge is -2.06. The third-order valence-corrected chi connectivity index (χ3v) is 3.49. The lowest BCUT2D eigenvalue weighted by atomic mass is 10.2. The SMILES string of the molecule is CCCOC(=O)c1ccc(OCC(=O)NN=Cc2ccc(OCC)cc2)cc1. The molecule has 0 spiro atoms. The maximum Gasteiger partial charge on any atom is 0.338 e. The Labute approximate surface area is 164 Å². The van der Waals surface area contributed by atoms with Crippen LogP contribution >= 0.6 is 0 Å². The van der Waals surface area contributed by atoms with E-state index in [1.54, 1.807) is 24.3 Å². The van der Waals surface area contributed by atoms with E-state index in [-0.39, 0.29) is 12.6 Å². The van der Waals surface area contributed by atoms with Gasteiger partial charge in [-0.1, -0.05) is 6.92 Å². The first-order valence-corrected chi connectivity index (χ1v) is 9.07. The topological polar surface area (TPSA) is 86.2 Å². The molecule has 28 heavy (non-hydrogen) atoms. The zero-order valence-electron chi connectivity index (χ0n) is 16.0.